The first-order valence-electron chi connectivity index (χ1n) is 6.11. The minimum atomic E-state index is -0.426. The van der Waals surface area contributed by atoms with Gasteiger partial charge in [-0.25, -0.2) is 4.39 Å². The van der Waals surface area contributed by atoms with E-state index in [4.69, 9.17) is 15.7 Å². The SMILES string of the molecule is N#Cc1cc(F)ccc1NCCOc1ccc(N)cc1. The molecule has 0 radical (unpaired) electrons. The zero-order valence-electron chi connectivity index (χ0n) is 10.8. The van der Waals surface area contributed by atoms with Gasteiger partial charge in [0.15, 0.2) is 0 Å². The highest BCUT2D eigenvalue weighted by atomic mass is 19.1. The Labute approximate surface area is 116 Å². The molecule has 0 saturated heterocycles. The molecule has 0 saturated carbocycles. The molecular weight excluding hydrogens is 257 g/mol. The van der Waals surface area contributed by atoms with Gasteiger partial charge < -0.3 is 15.8 Å². The summed E-state index contributed by atoms with van der Waals surface area (Å²) in [7, 11) is 0. The van der Waals surface area contributed by atoms with Gasteiger partial charge in [-0.1, -0.05) is 0 Å². The Morgan fingerprint density at radius 2 is 1.95 bits per heavy atom. The lowest BCUT2D eigenvalue weighted by atomic mass is 10.2. The Kier molecular flexibility index (Phi) is 4.40. The van der Waals surface area contributed by atoms with Gasteiger partial charge in [-0.2, -0.15) is 5.26 Å². The number of nitrogens with two attached hydrogens (primary N) is 1. The van der Waals surface area contributed by atoms with Crippen LogP contribution in [-0.2, 0) is 0 Å². The van der Waals surface area contributed by atoms with E-state index in [0.29, 0.717) is 24.5 Å². The molecule has 2 rings (SSSR count). The van der Waals surface area contributed by atoms with Gasteiger partial charge >= 0.3 is 0 Å². The van der Waals surface area contributed by atoms with Crippen molar-refractivity contribution in [2.45, 2.75) is 0 Å². The van der Waals surface area contributed by atoms with Crippen LogP contribution in [0.15, 0.2) is 42.5 Å². The number of nitriles is 1. The molecule has 0 aliphatic heterocycles. The van der Waals surface area contributed by atoms with Crippen molar-refractivity contribution >= 4 is 11.4 Å². The van der Waals surface area contributed by atoms with Crippen LogP contribution >= 0.6 is 0 Å². The van der Waals surface area contributed by atoms with Crippen LogP contribution in [0.4, 0.5) is 15.8 Å². The predicted molar refractivity (Wildman–Crippen MR) is 76.0 cm³/mol. The van der Waals surface area contributed by atoms with Crippen molar-refractivity contribution in [3.63, 3.8) is 0 Å². The summed E-state index contributed by atoms with van der Waals surface area (Å²) < 4.78 is 18.5. The summed E-state index contributed by atoms with van der Waals surface area (Å²) in [5.74, 6) is 0.297. The topological polar surface area (TPSA) is 71.1 Å². The molecule has 0 heterocycles. The number of halogens is 1. The van der Waals surface area contributed by atoms with Crippen LogP contribution in [0.25, 0.3) is 0 Å². The standard InChI is InChI=1S/C15H14FN3O/c16-12-1-6-15(11(9-12)10-17)19-7-8-20-14-4-2-13(18)3-5-14/h1-6,9,19H,7-8,18H2. The summed E-state index contributed by atoms with van der Waals surface area (Å²) in [5.41, 5.74) is 7.12. The van der Waals surface area contributed by atoms with Crippen LogP contribution in [0, 0.1) is 17.1 Å². The third-order valence-corrected chi connectivity index (χ3v) is 2.67. The lowest BCUT2D eigenvalue weighted by molar-refractivity contribution is 0.333. The molecule has 0 fully saturated rings. The summed E-state index contributed by atoms with van der Waals surface area (Å²) in [6, 6.07) is 13.1. The fourth-order valence-corrected chi connectivity index (χ4v) is 1.68. The van der Waals surface area contributed by atoms with Crippen LogP contribution < -0.4 is 15.8 Å². The maximum atomic E-state index is 13.0. The smallest absolute Gasteiger partial charge is 0.124 e. The Bertz CT molecular complexity index is 620. The van der Waals surface area contributed by atoms with Gasteiger partial charge in [-0.3, -0.25) is 0 Å². The zero-order valence-corrected chi connectivity index (χ0v) is 10.8. The van der Waals surface area contributed by atoms with Crippen molar-refractivity contribution < 1.29 is 9.13 Å². The number of hydrogen-bond donors (Lipinski definition) is 2. The maximum Gasteiger partial charge on any atom is 0.124 e. The average molecular weight is 271 g/mol. The van der Waals surface area contributed by atoms with Gasteiger partial charge in [0, 0.05) is 12.2 Å². The molecular formula is C15H14FN3O. The first kappa shape index (κ1) is 13.7. The third-order valence-electron chi connectivity index (χ3n) is 2.67. The number of nitrogens with one attached hydrogen (secondary N) is 1. The number of anilines is 2. The van der Waals surface area contributed by atoms with Crippen LogP contribution in [-0.4, -0.2) is 13.2 Å². The molecule has 2 aromatic rings. The molecule has 20 heavy (non-hydrogen) atoms. The molecule has 0 aliphatic carbocycles. The van der Waals surface area contributed by atoms with E-state index in [0.717, 1.165) is 5.75 Å². The number of ether oxygens (including phenoxy) is 1. The second-order valence-electron chi connectivity index (χ2n) is 4.15. The summed E-state index contributed by atoms with van der Waals surface area (Å²) in [5, 5.41) is 11.9. The van der Waals surface area contributed by atoms with Gasteiger partial charge in [0.25, 0.3) is 0 Å². The summed E-state index contributed by atoms with van der Waals surface area (Å²) >= 11 is 0. The lowest BCUT2D eigenvalue weighted by Crippen LogP contribution is -2.12. The maximum absolute atomic E-state index is 13.0. The molecule has 0 aromatic heterocycles. The highest BCUT2D eigenvalue weighted by molar-refractivity contribution is 5.57. The van der Waals surface area contributed by atoms with Gasteiger partial charge in [-0.15, -0.1) is 0 Å². The van der Waals surface area contributed by atoms with Crippen molar-refractivity contribution in [2.75, 3.05) is 24.2 Å². The fraction of sp³-hybridized carbons (Fsp3) is 0.133. The van der Waals surface area contributed by atoms with Crippen molar-refractivity contribution in [2.24, 2.45) is 0 Å². The molecule has 0 unspecified atom stereocenters. The van der Waals surface area contributed by atoms with E-state index in [-0.39, 0.29) is 5.56 Å². The number of benzene rings is 2. The Hall–Kier alpha value is -2.74. The van der Waals surface area contributed by atoms with Gasteiger partial charge in [0.2, 0.25) is 0 Å². The Morgan fingerprint density at radius 3 is 2.65 bits per heavy atom. The molecule has 0 amide bonds. The monoisotopic (exact) mass is 271 g/mol. The van der Waals surface area contributed by atoms with E-state index in [9.17, 15) is 4.39 Å². The van der Waals surface area contributed by atoms with E-state index in [1.165, 1.54) is 18.2 Å². The number of rotatable bonds is 5. The van der Waals surface area contributed by atoms with Crippen LogP contribution in [0.5, 0.6) is 5.75 Å². The molecule has 2 aromatic carbocycles. The first-order chi connectivity index (χ1) is 9.69. The van der Waals surface area contributed by atoms with Gasteiger partial charge in [0.1, 0.15) is 24.2 Å². The highest BCUT2D eigenvalue weighted by Crippen LogP contribution is 2.16. The molecule has 0 spiro atoms. The number of nitrogens with zero attached hydrogens (tertiary/aromatic N) is 1. The zero-order chi connectivity index (χ0) is 14.4. The molecule has 3 N–H and O–H groups in total. The van der Waals surface area contributed by atoms with E-state index in [1.54, 1.807) is 24.3 Å². The summed E-state index contributed by atoms with van der Waals surface area (Å²) in [4.78, 5) is 0. The van der Waals surface area contributed by atoms with Crippen molar-refractivity contribution in [1.29, 1.82) is 5.26 Å². The van der Waals surface area contributed by atoms with Crippen LogP contribution in [0.1, 0.15) is 5.56 Å². The molecule has 0 atom stereocenters. The minimum Gasteiger partial charge on any atom is -0.492 e. The Balaban J connectivity index is 1.84. The van der Waals surface area contributed by atoms with E-state index < -0.39 is 5.82 Å². The minimum absolute atomic E-state index is 0.275. The van der Waals surface area contributed by atoms with Crippen molar-refractivity contribution in [1.82, 2.24) is 0 Å². The van der Waals surface area contributed by atoms with E-state index in [1.807, 2.05) is 6.07 Å². The molecule has 4 nitrogen and oxygen atoms in total. The van der Waals surface area contributed by atoms with Crippen molar-refractivity contribution in [3.8, 4) is 11.8 Å². The second kappa shape index (κ2) is 6.43. The second-order valence-corrected chi connectivity index (χ2v) is 4.15. The first-order valence-corrected chi connectivity index (χ1v) is 6.11. The van der Waals surface area contributed by atoms with Crippen LogP contribution in [0.3, 0.4) is 0 Å². The quantitative estimate of drug-likeness (QED) is 0.648. The number of nitrogen functional groups attached to an aromatic ring is 1. The highest BCUT2D eigenvalue weighted by Gasteiger charge is 2.02. The number of hydrogen-bond acceptors (Lipinski definition) is 4. The van der Waals surface area contributed by atoms with Gasteiger partial charge in [-0.05, 0) is 42.5 Å². The van der Waals surface area contributed by atoms with E-state index in [2.05, 4.69) is 5.32 Å². The van der Waals surface area contributed by atoms with Crippen molar-refractivity contribution in [3.05, 3.63) is 53.8 Å². The molecule has 5 heteroatoms. The summed E-state index contributed by atoms with van der Waals surface area (Å²) in [6.45, 7) is 0.927. The van der Waals surface area contributed by atoms with Crippen LogP contribution in [0.2, 0.25) is 0 Å². The molecule has 0 aliphatic rings. The largest absolute Gasteiger partial charge is 0.492 e. The average Bonchev–Trinajstić information content (AvgIpc) is 2.46. The summed E-state index contributed by atoms with van der Waals surface area (Å²) in [6.07, 6.45) is 0. The third kappa shape index (κ3) is 3.62. The molecule has 102 valence electrons. The fourth-order valence-electron chi connectivity index (χ4n) is 1.68. The predicted octanol–water partition coefficient (Wildman–Crippen LogP) is 2.77. The van der Waals surface area contributed by atoms with Gasteiger partial charge in [0.05, 0.1) is 11.3 Å². The lowest BCUT2D eigenvalue weighted by Gasteiger charge is -2.10. The Morgan fingerprint density at radius 1 is 1.20 bits per heavy atom. The van der Waals surface area contributed by atoms with E-state index >= 15 is 0 Å². The molecule has 0 bridgehead atoms. The normalized spacial score (nSPS) is 9.80.